The van der Waals surface area contributed by atoms with E-state index in [1.165, 1.54) is 5.56 Å². The normalized spacial score (nSPS) is 29.8. The van der Waals surface area contributed by atoms with E-state index >= 15 is 0 Å². The first-order chi connectivity index (χ1) is 11.3. The van der Waals surface area contributed by atoms with Crippen LogP contribution in [0.25, 0.3) is 0 Å². The molecule has 0 N–H and O–H groups in total. The molecule has 24 heavy (non-hydrogen) atoms. The number of rotatable bonds is 5. The second-order valence-electron chi connectivity index (χ2n) is 8.37. The Kier molecular flexibility index (Phi) is 5.10. The summed E-state index contributed by atoms with van der Waals surface area (Å²) < 4.78 is 18.6. The van der Waals surface area contributed by atoms with Crippen molar-refractivity contribution in [1.82, 2.24) is 0 Å². The van der Waals surface area contributed by atoms with Gasteiger partial charge in [-0.3, -0.25) is 0 Å². The number of hydrogen-bond donors (Lipinski definition) is 0. The van der Waals surface area contributed by atoms with Gasteiger partial charge in [-0.05, 0) is 64.3 Å². The highest BCUT2D eigenvalue weighted by Crippen LogP contribution is 2.44. The quantitative estimate of drug-likeness (QED) is 0.744. The van der Waals surface area contributed by atoms with Gasteiger partial charge in [-0.1, -0.05) is 37.3 Å². The zero-order valence-electron chi connectivity index (χ0n) is 15.7. The summed E-state index contributed by atoms with van der Waals surface area (Å²) in [5.41, 5.74) is 0.866. The largest absolute Gasteiger partial charge is 0.461 e. The predicted molar refractivity (Wildman–Crippen MR) is 98.1 cm³/mol. The third-order valence-corrected chi connectivity index (χ3v) is 6.20. The number of aryl methyl sites for hydroxylation is 1. The Balaban J connectivity index is 1.61. The van der Waals surface area contributed by atoms with E-state index in [1.54, 1.807) is 0 Å². The van der Waals surface area contributed by atoms with Crippen LogP contribution in [0.1, 0.15) is 53.0 Å². The van der Waals surface area contributed by atoms with E-state index in [9.17, 15) is 0 Å². The van der Waals surface area contributed by atoms with Crippen LogP contribution in [0, 0.1) is 5.92 Å². The smallest absolute Gasteiger partial charge is 0.403 e. The number of ether oxygens (including phenoxy) is 1. The molecule has 0 spiro atoms. The average Bonchev–Trinajstić information content (AvgIpc) is 3.08. The fraction of sp³-hybridized carbons (Fsp3) is 0.700. The monoisotopic (exact) mass is 330 g/mol. The maximum absolute atomic E-state index is 6.27. The van der Waals surface area contributed by atoms with Crippen LogP contribution in [-0.2, 0) is 20.5 Å². The molecule has 2 aliphatic heterocycles. The molecular formula is C20H31BO3. The van der Waals surface area contributed by atoms with Crippen molar-refractivity contribution in [3.05, 3.63) is 35.9 Å². The molecule has 132 valence electrons. The lowest BCUT2D eigenvalue weighted by Gasteiger charge is -2.32. The third-order valence-electron chi connectivity index (χ3n) is 6.20. The van der Waals surface area contributed by atoms with Crippen molar-refractivity contribution >= 4 is 7.12 Å². The Bertz CT molecular complexity index is 527. The lowest BCUT2D eigenvalue weighted by molar-refractivity contribution is 0.00578. The van der Waals surface area contributed by atoms with E-state index in [0.717, 1.165) is 25.9 Å². The summed E-state index contributed by atoms with van der Waals surface area (Å²) in [5, 5.41) is 0. The summed E-state index contributed by atoms with van der Waals surface area (Å²) in [6, 6.07) is 10.7. The molecule has 1 aromatic rings. The lowest BCUT2D eigenvalue weighted by atomic mass is 9.63. The highest BCUT2D eigenvalue weighted by molar-refractivity contribution is 6.47. The first-order valence-electron chi connectivity index (χ1n) is 9.31. The van der Waals surface area contributed by atoms with Gasteiger partial charge in [0.1, 0.15) is 0 Å². The van der Waals surface area contributed by atoms with Crippen molar-refractivity contribution in [2.45, 2.75) is 77.0 Å². The predicted octanol–water partition coefficient (Wildman–Crippen LogP) is 4.51. The summed E-state index contributed by atoms with van der Waals surface area (Å²) in [6.07, 6.45) is 3.54. The van der Waals surface area contributed by atoms with Gasteiger partial charge >= 0.3 is 7.12 Å². The van der Waals surface area contributed by atoms with Gasteiger partial charge < -0.3 is 14.0 Å². The molecule has 2 fully saturated rings. The molecule has 0 bridgehead atoms. The Hall–Kier alpha value is -0.835. The minimum Gasteiger partial charge on any atom is -0.403 e. The first kappa shape index (κ1) is 18.0. The van der Waals surface area contributed by atoms with Gasteiger partial charge in [0, 0.05) is 6.61 Å². The molecule has 0 aromatic heterocycles. The van der Waals surface area contributed by atoms with Gasteiger partial charge in [0.05, 0.1) is 17.3 Å². The Labute approximate surface area is 147 Å². The molecule has 1 aromatic carbocycles. The SMILES string of the molecule is CC(B1OC(C)(C)C(C)(C)O1)[C@H]1CCO[C@@H]1CCc1ccccc1. The zero-order valence-corrected chi connectivity index (χ0v) is 15.7. The average molecular weight is 330 g/mol. The maximum Gasteiger partial charge on any atom is 0.461 e. The number of benzene rings is 1. The second kappa shape index (κ2) is 6.82. The number of hydrogen-bond acceptors (Lipinski definition) is 3. The molecule has 0 amide bonds. The van der Waals surface area contributed by atoms with Crippen LogP contribution in [0.4, 0.5) is 0 Å². The molecule has 2 heterocycles. The molecule has 3 rings (SSSR count). The molecule has 2 aliphatic rings. The Morgan fingerprint density at radius 3 is 2.33 bits per heavy atom. The van der Waals surface area contributed by atoms with E-state index < -0.39 is 0 Å². The van der Waals surface area contributed by atoms with Gasteiger partial charge in [-0.15, -0.1) is 0 Å². The summed E-state index contributed by atoms with van der Waals surface area (Å²) >= 11 is 0. The summed E-state index contributed by atoms with van der Waals surface area (Å²) in [6.45, 7) is 11.6. The van der Waals surface area contributed by atoms with Gasteiger partial charge in [0.15, 0.2) is 0 Å². The van der Waals surface area contributed by atoms with Crippen molar-refractivity contribution in [2.24, 2.45) is 5.92 Å². The molecule has 4 heteroatoms. The lowest BCUT2D eigenvalue weighted by Crippen LogP contribution is -2.41. The fourth-order valence-electron chi connectivity index (χ4n) is 3.82. The molecule has 0 radical (unpaired) electrons. The van der Waals surface area contributed by atoms with E-state index in [0.29, 0.717) is 17.8 Å². The molecule has 0 aliphatic carbocycles. The minimum absolute atomic E-state index is 0.138. The molecule has 2 saturated heterocycles. The van der Waals surface area contributed by atoms with Gasteiger partial charge in [0.25, 0.3) is 0 Å². The van der Waals surface area contributed by atoms with Crippen LogP contribution in [0.3, 0.4) is 0 Å². The Morgan fingerprint density at radius 2 is 1.71 bits per heavy atom. The van der Waals surface area contributed by atoms with Crippen LogP contribution in [0.15, 0.2) is 30.3 Å². The van der Waals surface area contributed by atoms with Crippen molar-refractivity contribution in [3.8, 4) is 0 Å². The van der Waals surface area contributed by atoms with E-state index in [-0.39, 0.29) is 18.3 Å². The molecule has 0 saturated carbocycles. The van der Waals surface area contributed by atoms with Crippen molar-refractivity contribution in [1.29, 1.82) is 0 Å². The molecule has 1 unspecified atom stereocenters. The van der Waals surface area contributed by atoms with Gasteiger partial charge in [0.2, 0.25) is 0 Å². The van der Waals surface area contributed by atoms with Gasteiger partial charge in [-0.25, -0.2) is 0 Å². The van der Waals surface area contributed by atoms with Crippen LogP contribution in [0.5, 0.6) is 0 Å². The van der Waals surface area contributed by atoms with E-state index in [1.807, 2.05) is 0 Å². The summed E-state index contributed by atoms with van der Waals surface area (Å²) in [5.74, 6) is 0.845. The van der Waals surface area contributed by atoms with Crippen LogP contribution >= 0.6 is 0 Å². The maximum atomic E-state index is 6.27. The summed E-state index contributed by atoms with van der Waals surface area (Å²) in [7, 11) is -0.138. The van der Waals surface area contributed by atoms with Gasteiger partial charge in [-0.2, -0.15) is 0 Å². The van der Waals surface area contributed by atoms with Crippen molar-refractivity contribution in [2.75, 3.05) is 6.61 Å². The zero-order chi connectivity index (χ0) is 17.4. The standard InChI is InChI=1S/C20H31BO3/c1-15(21-23-19(2,3)20(4,5)24-21)17-13-14-22-18(17)12-11-16-9-7-6-8-10-16/h6-10,15,17-18H,11-14H2,1-5H3/t15?,17-,18-/m1/s1. The Morgan fingerprint density at radius 1 is 1.08 bits per heavy atom. The minimum atomic E-state index is -0.259. The third kappa shape index (κ3) is 3.56. The first-order valence-corrected chi connectivity index (χ1v) is 9.31. The van der Waals surface area contributed by atoms with Crippen molar-refractivity contribution < 1.29 is 14.0 Å². The van der Waals surface area contributed by atoms with Crippen LogP contribution < -0.4 is 0 Å². The molecule has 3 nitrogen and oxygen atoms in total. The van der Waals surface area contributed by atoms with Crippen LogP contribution in [0.2, 0.25) is 5.82 Å². The van der Waals surface area contributed by atoms with Crippen LogP contribution in [-0.4, -0.2) is 31.0 Å². The molecular weight excluding hydrogens is 299 g/mol. The highest BCUT2D eigenvalue weighted by atomic mass is 16.7. The summed E-state index contributed by atoms with van der Waals surface area (Å²) in [4.78, 5) is 0. The van der Waals surface area contributed by atoms with Crippen molar-refractivity contribution in [3.63, 3.8) is 0 Å². The second-order valence-corrected chi connectivity index (χ2v) is 8.37. The van der Waals surface area contributed by atoms with E-state index in [2.05, 4.69) is 65.0 Å². The topological polar surface area (TPSA) is 27.7 Å². The molecule has 3 atom stereocenters. The highest BCUT2D eigenvalue weighted by Gasteiger charge is 2.54. The fourth-order valence-corrected chi connectivity index (χ4v) is 3.82. The van der Waals surface area contributed by atoms with E-state index in [4.69, 9.17) is 14.0 Å².